The SMILES string of the molecule is CN1CCN(C(=O)CC2(COc3cccc(Cl)c3)CCCN(C(=O)c3ccn(C)n3)C2)CC1. The number of amides is 2. The average Bonchev–Trinajstić information content (AvgIpc) is 3.24. The van der Waals surface area contributed by atoms with Gasteiger partial charge in [-0.2, -0.15) is 5.10 Å². The van der Waals surface area contributed by atoms with Crippen LogP contribution < -0.4 is 4.74 Å². The molecule has 2 fully saturated rings. The molecule has 2 aromatic rings. The molecule has 178 valence electrons. The topological polar surface area (TPSA) is 70.9 Å². The Labute approximate surface area is 200 Å². The van der Waals surface area contributed by atoms with Crippen molar-refractivity contribution in [2.45, 2.75) is 19.3 Å². The highest BCUT2D eigenvalue weighted by Crippen LogP contribution is 2.36. The number of hydrogen-bond acceptors (Lipinski definition) is 5. The summed E-state index contributed by atoms with van der Waals surface area (Å²) in [6.07, 6.45) is 3.75. The molecular formula is C24H32ClN5O3. The smallest absolute Gasteiger partial charge is 0.274 e. The molecule has 0 saturated carbocycles. The molecule has 8 nitrogen and oxygen atoms in total. The molecule has 2 aliphatic heterocycles. The van der Waals surface area contributed by atoms with Crippen molar-refractivity contribution < 1.29 is 14.3 Å². The highest BCUT2D eigenvalue weighted by atomic mass is 35.5. The van der Waals surface area contributed by atoms with Gasteiger partial charge in [-0.15, -0.1) is 0 Å². The molecular weight excluding hydrogens is 442 g/mol. The summed E-state index contributed by atoms with van der Waals surface area (Å²) in [7, 11) is 3.87. The summed E-state index contributed by atoms with van der Waals surface area (Å²) in [5, 5.41) is 4.88. The van der Waals surface area contributed by atoms with Gasteiger partial charge >= 0.3 is 0 Å². The monoisotopic (exact) mass is 473 g/mol. The third kappa shape index (κ3) is 5.86. The van der Waals surface area contributed by atoms with Crippen LogP contribution in [0.5, 0.6) is 5.75 Å². The largest absolute Gasteiger partial charge is 0.493 e. The predicted octanol–water partition coefficient (Wildman–Crippen LogP) is 2.54. The van der Waals surface area contributed by atoms with Crippen molar-refractivity contribution in [2.24, 2.45) is 12.5 Å². The van der Waals surface area contributed by atoms with Crippen LogP contribution in [0.25, 0.3) is 0 Å². The molecule has 1 aromatic carbocycles. The van der Waals surface area contributed by atoms with Crippen molar-refractivity contribution >= 4 is 23.4 Å². The maximum atomic E-state index is 13.3. The average molecular weight is 474 g/mol. The lowest BCUT2D eigenvalue weighted by molar-refractivity contribution is -0.137. The van der Waals surface area contributed by atoms with Crippen LogP contribution >= 0.6 is 11.6 Å². The van der Waals surface area contributed by atoms with Crippen molar-refractivity contribution in [1.82, 2.24) is 24.5 Å². The lowest BCUT2D eigenvalue weighted by Gasteiger charge is -2.43. The van der Waals surface area contributed by atoms with E-state index in [9.17, 15) is 9.59 Å². The van der Waals surface area contributed by atoms with Gasteiger partial charge in [0.2, 0.25) is 5.91 Å². The molecule has 0 bridgehead atoms. The summed E-state index contributed by atoms with van der Waals surface area (Å²) in [5.41, 5.74) is -0.0414. The van der Waals surface area contributed by atoms with E-state index in [4.69, 9.17) is 16.3 Å². The normalized spacial score (nSPS) is 21.8. The first-order valence-electron chi connectivity index (χ1n) is 11.5. The van der Waals surface area contributed by atoms with Crippen molar-refractivity contribution in [3.63, 3.8) is 0 Å². The summed E-state index contributed by atoms with van der Waals surface area (Å²) < 4.78 is 7.78. The van der Waals surface area contributed by atoms with Crippen LogP contribution in [0.4, 0.5) is 0 Å². The lowest BCUT2D eigenvalue weighted by atomic mass is 9.77. The quantitative estimate of drug-likeness (QED) is 0.644. The minimum absolute atomic E-state index is 0.102. The van der Waals surface area contributed by atoms with Gasteiger partial charge in [-0.3, -0.25) is 14.3 Å². The van der Waals surface area contributed by atoms with E-state index in [1.807, 2.05) is 21.9 Å². The van der Waals surface area contributed by atoms with E-state index in [0.29, 0.717) is 42.6 Å². The molecule has 1 aromatic heterocycles. The molecule has 2 amide bonds. The van der Waals surface area contributed by atoms with E-state index >= 15 is 0 Å². The zero-order chi connectivity index (χ0) is 23.4. The molecule has 33 heavy (non-hydrogen) atoms. The van der Waals surface area contributed by atoms with Crippen LogP contribution in [0.2, 0.25) is 5.02 Å². The van der Waals surface area contributed by atoms with Crippen molar-refractivity contribution in [3.8, 4) is 5.75 Å². The molecule has 0 aliphatic carbocycles. The summed E-state index contributed by atoms with van der Waals surface area (Å²) in [6.45, 7) is 4.68. The number of halogens is 1. The van der Waals surface area contributed by atoms with Gasteiger partial charge in [-0.25, -0.2) is 0 Å². The molecule has 0 radical (unpaired) electrons. The Bertz CT molecular complexity index is 988. The van der Waals surface area contributed by atoms with E-state index in [-0.39, 0.29) is 11.8 Å². The Hall–Kier alpha value is -2.58. The number of likely N-dealkylation sites (N-methyl/N-ethyl adjacent to an activating group) is 1. The second kappa shape index (κ2) is 10.1. The fourth-order valence-corrected chi connectivity index (χ4v) is 4.85. The maximum absolute atomic E-state index is 13.3. The Balaban J connectivity index is 1.52. The number of hydrogen-bond donors (Lipinski definition) is 0. The van der Waals surface area contributed by atoms with Gasteiger partial charge < -0.3 is 19.4 Å². The predicted molar refractivity (Wildman–Crippen MR) is 126 cm³/mol. The number of piperidine rings is 1. The number of carbonyl (C=O) groups is 2. The second-order valence-corrected chi connectivity index (χ2v) is 9.75. The standard InChI is InChI=1S/C24H32ClN5O3/c1-27-11-13-29(14-12-27)22(31)16-24(18-33-20-6-3-5-19(25)15-20)8-4-9-30(17-24)23(32)21-7-10-28(2)26-21/h3,5-7,10,15H,4,8-9,11-14,16-18H2,1-2H3. The molecule has 3 heterocycles. The van der Waals surface area contributed by atoms with Crippen molar-refractivity contribution in [2.75, 3.05) is 52.9 Å². The van der Waals surface area contributed by atoms with Crippen LogP contribution in [0.1, 0.15) is 29.8 Å². The van der Waals surface area contributed by atoms with E-state index in [2.05, 4.69) is 17.0 Å². The molecule has 2 aliphatic rings. The highest BCUT2D eigenvalue weighted by molar-refractivity contribution is 6.30. The van der Waals surface area contributed by atoms with Crippen molar-refractivity contribution in [3.05, 3.63) is 47.2 Å². The van der Waals surface area contributed by atoms with Gasteiger partial charge in [0.1, 0.15) is 11.4 Å². The molecule has 1 unspecified atom stereocenters. The van der Waals surface area contributed by atoms with E-state index < -0.39 is 5.41 Å². The fraction of sp³-hybridized carbons (Fsp3) is 0.542. The van der Waals surface area contributed by atoms with Gasteiger partial charge in [-0.1, -0.05) is 17.7 Å². The first-order chi connectivity index (χ1) is 15.8. The summed E-state index contributed by atoms with van der Waals surface area (Å²) in [6, 6.07) is 9.02. The maximum Gasteiger partial charge on any atom is 0.274 e. The van der Waals surface area contributed by atoms with Crippen LogP contribution in [-0.4, -0.2) is 89.2 Å². The Morgan fingerprint density at radius 3 is 2.58 bits per heavy atom. The van der Waals surface area contributed by atoms with Crippen molar-refractivity contribution in [1.29, 1.82) is 0 Å². The molecule has 0 spiro atoms. The minimum atomic E-state index is -0.467. The molecule has 1 atom stereocenters. The number of benzene rings is 1. The van der Waals surface area contributed by atoms with Crippen LogP contribution in [0, 0.1) is 5.41 Å². The number of ether oxygens (including phenoxy) is 1. The lowest BCUT2D eigenvalue weighted by Crippen LogP contribution is -2.53. The Kier molecular flexibility index (Phi) is 7.24. The van der Waals surface area contributed by atoms with Gasteiger partial charge in [0, 0.05) is 69.4 Å². The molecule has 2 saturated heterocycles. The number of carbonyl (C=O) groups excluding carboxylic acids is 2. The minimum Gasteiger partial charge on any atom is -0.493 e. The molecule has 4 rings (SSSR count). The summed E-state index contributed by atoms with van der Waals surface area (Å²) >= 11 is 6.13. The number of likely N-dealkylation sites (tertiary alicyclic amines) is 1. The number of aromatic nitrogens is 2. The van der Waals surface area contributed by atoms with Crippen LogP contribution in [0.3, 0.4) is 0 Å². The number of aryl methyl sites for hydroxylation is 1. The van der Waals surface area contributed by atoms with E-state index in [1.165, 1.54) is 0 Å². The Morgan fingerprint density at radius 2 is 1.88 bits per heavy atom. The second-order valence-electron chi connectivity index (χ2n) is 9.31. The van der Waals surface area contributed by atoms with Gasteiger partial charge in [0.05, 0.1) is 6.61 Å². The van der Waals surface area contributed by atoms with Crippen LogP contribution in [0.15, 0.2) is 36.5 Å². The molecule has 9 heteroatoms. The number of rotatable bonds is 6. The van der Waals surface area contributed by atoms with E-state index in [0.717, 1.165) is 39.0 Å². The Morgan fingerprint density at radius 1 is 1.09 bits per heavy atom. The summed E-state index contributed by atoms with van der Waals surface area (Å²) in [4.78, 5) is 32.4. The van der Waals surface area contributed by atoms with Crippen LogP contribution in [-0.2, 0) is 11.8 Å². The number of piperazine rings is 1. The first-order valence-corrected chi connectivity index (χ1v) is 11.8. The molecule has 0 N–H and O–H groups in total. The fourth-order valence-electron chi connectivity index (χ4n) is 4.67. The van der Waals surface area contributed by atoms with Gasteiger partial charge in [0.25, 0.3) is 5.91 Å². The third-order valence-corrected chi connectivity index (χ3v) is 6.84. The third-order valence-electron chi connectivity index (χ3n) is 6.60. The van der Waals surface area contributed by atoms with E-state index in [1.54, 1.807) is 36.1 Å². The zero-order valence-corrected chi connectivity index (χ0v) is 20.1. The van der Waals surface area contributed by atoms with Gasteiger partial charge in [0.15, 0.2) is 0 Å². The van der Waals surface area contributed by atoms with Gasteiger partial charge in [-0.05, 0) is 44.2 Å². The highest BCUT2D eigenvalue weighted by Gasteiger charge is 2.41. The number of nitrogens with zero attached hydrogens (tertiary/aromatic N) is 5. The summed E-state index contributed by atoms with van der Waals surface area (Å²) in [5.74, 6) is 0.696. The first kappa shape index (κ1) is 23.6. The zero-order valence-electron chi connectivity index (χ0n) is 19.4.